The first kappa shape index (κ1) is 21.5. The van der Waals surface area contributed by atoms with Gasteiger partial charge in [0, 0.05) is 11.1 Å². The Labute approximate surface area is 168 Å². The van der Waals surface area contributed by atoms with Gasteiger partial charge in [-0.2, -0.15) is 5.10 Å². The maximum atomic E-state index is 12.1. The Morgan fingerprint density at radius 1 is 0.966 bits per heavy atom. The topological polar surface area (TPSA) is 107 Å². The number of amides is 2. The first-order chi connectivity index (χ1) is 14.0. The van der Waals surface area contributed by atoms with Gasteiger partial charge in [0.25, 0.3) is 11.8 Å². The number of hydrazone groups is 1. The minimum atomic E-state index is -0.482. The van der Waals surface area contributed by atoms with Crippen molar-refractivity contribution in [1.82, 2.24) is 10.7 Å². The molecule has 0 radical (unpaired) electrons. The molecule has 0 bridgehead atoms. The number of nitrogens with zero attached hydrogens (tertiary/aromatic N) is 1. The van der Waals surface area contributed by atoms with Crippen LogP contribution in [-0.2, 0) is 4.79 Å². The van der Waals surface area contributed by atoms with Gasteiger partial charge in [0.15, 0.2) is 11.5 Å². The normalized spacial score (nSPS) is 10.3. The molecule has 0 saturated carbocycles. The Balaban J connectivity index is 1.93. The van der Waals surface area contributed by atoms with Crippen molar-refractivity contribution in [3.63, 3.8) is 0 Å². The van der Waals surface area contributed by atoms with E-state index in [9.17, 15) is 9.59 Å². The molecule has 0 heterocycles. The van der Waals surface area contributed by atoms with E-state index >= 15 is 0 Å². The van der Waals surface area contributed by atoms with Gasteiger partial charge in [-0.3, -0.25) is 9.59 Å². The van der Waals surface area contributed by atoms with Crippen molar-refractivity contribution < 1.29 is 28.5 Å². The maximum Gasteiger partial charge on any atom is 0.259 e. The molecule has 0 unspecified atom stereocenters. The average molecular weight is 401 g/mol. The summed E-state index contributed by atoms with van der Waals surface area (Å²) in [6.07, 6.45) is 1.42. The molecule has 0 aliphatic carbocycles. The minimum Gasteiger partial charge on any atom is -0.497 e. The van der Waals surface area contributed by atoms with Crippen molar-refractivity contribution in [1.29, 1.82) is 0 Å². The van der Waals surface area contributed by atoms with E-state index in [1.807, 2.05) is 0 Å². The van der Waals surface area contributed by atoms with E-state index in [2.05, 4.69) is 15.8 Å². The molecule has 0 saturated heterocycles. The first-order valence-corrected chi connectivity index (χ1v) is 8.56. The Morgan fingerprint density at radius 2 is 1.66 bits per heavy atom. The van der Waals surface area contributed by atoms with Crippen LogP contribution < -0.4 is 29.7 Å². The third-order valence-electron chi connectivity index (χ3n) is 3.83. The van der Waals surface area contributed by atoms with E-state index in [0.29, 0.717) is 34.1 Å². The summed E-state index contributed by atoms with van der Waals surface area (Å²) in [5.74, 6) is 1.06. The van der Waals surface area contributed by atoms with Gasteiger partial charge in [0.1, 0.15) is 5.75 Å². The molecule has 0 fully saturated rings. The number of rotatable bonds is 9. The average Bonchev–Trinajstić information content (AvgIpc) is 2.76. The fourth-order valence-corrected chi connectivity index (χ4v) is 2.42. The lowest BCUT2D eigenvalue weighted by atomic mass is 10.2. The zero-order valence-electron chi connectivity index (χ0n) is 16.6. The second-order valence-corrected chi connectivity index (χ2v) is 5.67. The number of benzene rings is 2. The summed E-state index contributed by atoms with van der Waals surface area (Å²) in [5.41, 5.74) is 3.35. The number of hydrogen-bond acceptors (Lipinski definition) is 7. The fraction of sp³-hybridized carbons (Fsp3) is 0.250. The first-order valence-electron chi connectivity index (χ1n) is 8.56. The predicted molar refractivity (Wildman–Crippen MR) is 107 cm³/mol. The maximum absolute atomic E-state index is 12.1. The highest BCUT2D eigenvalue weighted by Crippen LogP contribution is 2.37. The second-order valence-electron chi connectivity index (χ2n) is 5.67. The lowest BCUT2D eigenvalue weighted by molar-refractivity contribution is -0.120. The lowest BCUT2D eigenvalue weighted by Gasteiger charge is -2.12. The third-order valence-corrected chi connectivity index (χ3v) is 3.83. The van der Waals surface area contributed by atoms with E-state index < -0.39 is 11.8 Å². The SMILES string of the molecule is COc1cccc(C(=O)NCC(=O)N/N=C\c2cc(OC)c(OC)c(OC)c2)c1. The number of carbonyl (C=O) groups excluding carboxylic acids is 2. The molecule has 2 aromatic rings. The Hall–Kier alpha value is -3.75. The number of nitrogens with one attached hydrogen (secondary N) is 2. The summed E-state index contributed by atoms with van der Waals surface area (Å²) in [4.78, 5) is 24.0. The highest BCUT2D eigenvalue weighted by molar-refractivity contribution is 5.96. The van der Waals surface area contributed by atoms with Gasteiger partial charge < -0.3 is 24.3 Å². The molecular formula is C20H23N3O6. The van der Waals surface area contributed by atoms with Crippen LogP contribution in [0.5, 0.6) is 23.0 Å². The van der Waals surface area contributed by atoms with Crippen molar-refractivity contribution >= 4 is 18.0 Å². The summed E-state index contributed by atoms with van der Waals surface area (Å²) >= 11 is 0. The van der Waals surface area contributed by atoms with Crippen LogP contribution in [0.25, 0.3) is 0 Å². The quantitative estimate of drug-likeness (QED) is 0.488. The van der Waals surface area contributed by atoms with Crippen LogP contribution in [0.15, 0.2) is 41.5 Å². The minimum absolute atomic E-state index is 0.233. The number of methoxy groups -OCH3 is 4. The number of carbonyl (C=O) groups is 2. The van der Waals surface area contributed by atoms with Crippen molar-refractivity contribution in [2.24, 2.45) is 5.10 Å². The van der Waals surface area contributed by atoms with Gasteiger partial charge >= 0.3 is 0 Å². The molecule has 2 N–H and O–H groups in total. The Morgan fingerprint density at radius 3 is 2.24 bits per heavy atom. The summed E-state index contributed by atoms with van der Waals surface area (Å²) in [6, 6.07) is 9.98. The van der Waals surface area contributed by atoms with Crippen molar-refractivity contribution in [3.8, 4) is 23.0 Å². The zero-order valence-corrected chi connectivity index (χ0v) is 16.6. The van der Waals surface area contributed by atoms with Gasteiger partial charge in [-0.15, -0.1) is 0 Å². The Bertz CT molecular complexity index is 873. The molecular weight excluding hydrogens is 378 g/mol. The van der Waals surface area contributed by atoms with Crippen molar-refractivity contribution in [2.75, 3.05) is 35.0 Å². The van der Waals surface area contributed by atoms with Crippen LogP contribution in [0.2, 0.25) is 0 Å². The molecule has 0 aromatic heterocycles. The molecule has 2 aromatic carbocycles. The van der Waals surface area contributed by atoms with Crippen LogP contribution in [0.1, 0.15) is 15.9 Å². The van der Waals surface area contributed by atoms with Crippen molar-refractivity contribution in [3.05, 3.63) is 47.5 Å². The summed E-state index contributed by atoms with van der Waals surface area (Å²) in [7, 11) is 6.03. The smallest absolute Gasteiger partial charge is 0.259 e. The molecule has 9 nitrogen and oxygen atoms in total. The van der Waals surface area contributed by atoms with Crippen molar-refractivity contribution in [2.45, 2.75) is 0 Å². The highest BCUT2D eigenvalue weighted by Gasteiger charge is 2.12. The molecule has 0 spiro atoms. The lowest BCUT2D eigenvalue weighted by Crippen LogP contribution is -2.34. The molecule has 2 amide bonds. The molecule has 0 atom stereocenters. The van der Waals surface area contributed by atoms with Crippen LogP contribution in [0.3, 0.4) is 0 Å². The number of hydrogen-bond donors (Lipinski definition) is 2. The molecule has 154 valence electrons. The van der Waals surface area contributed by atoms with E-state index in [4.69, 9.17) is 18.9 Å². The van der Waals surface area contributed by atoms with Gasteiger partial charge in [-0.1, -0.05) is 6.07 Å². The fourth-order valence-electron chi connectivity index (χ4n) is 2.42. The zero-order chi connectivity index (χ0) is 21.2. The van der Waals surface area contributed by atoms with E-state index in [-0.39, 0.29) is 6.54 Å². The third kappa shape index (κ3) is 5.86. The van der Waals surface area contributed by atoms with Crippen LogP contribution in [0, 0.1) is 0 Å². The molecule has 0 aliphatic rings. The Kier molecular flexibility index (Phi) is 7.84. The van der Waals surface area contributed by atoms with E-state index in [1.165, 1.54) is 34.7 Å². The molecule has 2 rings (SSSR count). The molecule has 9 heteroatoms. The largest absolute Gasteiger partial charge is 0.497 e. The number of ether oxygens (including phenoxy) is 4. The second kappa shape index (κ2) is 10.5. The molecule has 29 heavy (non-hydrogen) atoms. The predicted octanol–water partition coefficient (Wildman–Crippen LogP) is 1.60. The van der Waals surface area contributed by atoms with Crippen LogP contribution >= 0.6 is 0 Å². The summed E-state index contributed by atoms with van der Waals surface area (Å²) in [5, 5.41) is 6.39. The van der Waals surface area contributed by atoms with Gasteiger partial charge in [0.05, 0.1) is 41.2 Å². The highest BCUT2D eigenvalue weighted by atomic mass is 16.5. The summed E-state index contributed by atoms with van der Waals surface area (Å²) in [6.45, 7) is -0.233. The van der Waals surface area contributed by atoms with Gasteiger partial charge in [-0.05, 0) is 30.3 Å². The standard InChI is InChI=1S/C20H23N3O6/c1-26-15-7-5-6-14(10-15)20(25)21-12-18(24)23-22-11-13-8-16(27-2)19(29-4)17(9-13)28-3/h5-11H,12H2,1-4H3,(H,21,25)(H,23,24)/b22-11-. The van der Waals surface area contributed by atoms with E-state index in [1.54, 1.807) is 36.4 Å². The van der Waals surface area contributed by atoms with Gasteiger partial charge in [-0.25, -0.2) is 5.43 Å². The van der Waals surface area contributed by atoms with E-state index in [0.717, 1.165) is 0 Å². The van der Waals surface area contributed by atoms with Crippen LogP contribution in [-0.4, -0.2) is 53.0 Å². The van der Waals surface area contributed by atoms with Crippen LogP contribution in [0.4, 0.5) is 0 Å². The van der Waals surface area contributed by atoms with Gasteiger partial charge in [0.2, 0.25) is 5.75 Å². The summed E-state index contributed by atoms with van der Waals surface area (Å²) < 4.78 is 20.8. The monoisotopic (exact) mass is 401 g/mol. The molecule has 0 aliphatic heterocycles.